The van der Waals surface area contributed by atoms with Crippen LogP contribution in [0.3, 0.4) is 0 Å². The maximum Gasteiger partial charge on any atom is 0.302 e. The molecule has 12 nitrogen and oxygen atoms in total. The normalized spacial score (nSPS) is 24.5. The van der Waals surface area contributed by atoms with E-state index in [2.05, 4.69) is 88.9 Å². The number of ketones is 2. The van der Waals surface area contributed by atoms with Gasteiger partial charge in [-0.3, -0.25) is 14.4 Å². The number of esters is 1. The first-order valence-corrected chi connectivity index (χ1v) is 26.0. The molecule has 5 N–H and O–H groups in total. The topological polar surface area (TPSA) is 166 Å². The summed E-state index contributed by atoms with van der Waals surface area (Å²) in [5.74, 6) is 6.85. The molecular weight excluding hydrogens is 917 g/mol. The van der Waals surface area contributed by atoms with Crippen molar-refractivity contribution in [3.05, 3.63) is 149 Å². The third-order valence-corrected chi connectivity index (χ3v) is 16.4. The Morgan fingerprint density at radius 2 is 1.79 bits per heavy atom. The molecule has 6 atom stereocenters. The molecule has 6 bridgehead atoms. The van der Waals surface area contributed by atoms with E-state index in [0.717, 1.165) is 76.6 Å². The fourth-order valence-corrected chi connectivity index (χ4v) is 12.6. The van der Waals surface area contributed by atoms with Gasteiger partial charge in [-0.2, -0.15) is 0 Å². The zero-order valence-corrected chi connectivity index (χ0v) is 42.0. The number of benzene rings is 3. The zero-order valence-electron chi connectivity index (χ0n) is 42.0. The van der Waals surface area contributed by atoms with E-state index in [1.807, 2.05) is 41.2 Å². The highest BCUT2D eigenvalue weighted by Gasteiger charge is 2.43. The minimum Gasteiger partial charge on any atom is -0.508 e. The van der Waals surface area contributed by atoms with Crippen LogP contribution < -0.4 is 15.0 Å². The number of allylic oxidation sites excluding steroid dienone is 6. The number of H-pyrrole nitrogens is 1. The number of anilines is 1. The molecule has 0 radical (unpaired) electrons. The zero-order chi connectivity index (χ0) is 50.8. The standard InChI is InChI=1S/C61H66N4O8/c1-38-11-7-16-46-17-10-19-50-51-35-62-34-45(51)33-61(38,46)24-21-49(73-39(2)66)31-48(68)32-54(44-28-56(70)60(71)57(29-44)72-3)64-36-43-15-9-20-53(52(43)37-64)65(26-23-55(69)40-12-5-4-6-13-40)58-30-42(22-25-63-58)59(50)41-14-8-18-47(67)27-41/h7-9,11,14-16,18,20,22,27-30,34-38,40,49-50,54,59,62-63,67,70-71H,4-6,12-13,17,21,23-26,31-33H2,1-3H3/t38-,49-,50+,54+,59-,61-/m1/s1. The number of nitrogens with one attached hydrogen (secondary N) is 2. The van der Waals surface area contributed by atoms with Gasteiger partial charge in [0.05, 0.1) is 24.8 Å². The van der Waals surface area contributed by atoms with Gasteiger partial charge in [0.25, 0.3) is 0 Å². The van der Waals surface area contributed by atoms with E-state index in [4.69, 9.17) is 9.47 Å². The van der Waals surface area contributed by atoms with Gasteiger partial charge in [-0.05, 0) is 102 Å². The number of dihydropyridines is 1. The molecule has 1 fully saturated rings. The predicted octanol–water partition coefficient (Wildman–Crippen LogP) is 11.1. The summed E-state index contributed by atoms with van der Waals surface area (Å²) in [6, 6.07) is 16.0. The van der Waals surface area contributed by atoms with Gasteiger partial charge >= 0.3 is 5.97 Å². The Kier molecular flexibility index (Phi) is 14.1. The van der Waals surface area contributed by atoms with Crippen LogP contribution in [0.2, 0.25) is 0 Å². The van der Waals surface area contributed by atoms with Gasteiger partial charge in [0.1, 0.15) is 29.2 Å². The van der Waals surface area contributed by atoms with Crippen molar-refractivity contribution < 1.29 is 39.2 Å². The fourth-order valence-electron chi connectivity index (χ4n) is 12.6. The first-order chi connectivity index (χ1) is 35.4. The van der Waals surface area contributed by atoms with Gasteiger partial charge in [-0.1, -0.05) is 92.2 Å². The lowest BCUT2D eigenvalue weighted by Gasteiger charge is -2.43. The summed E-state index contributed by atoms with van der Waals surface area (Å²) in [6.45, 7) is 4.52. The maximum absolute atomic E-state index is 14.8. The number of hydrogen-bond donors (Lipinski definition) is 5. The molecule has 10 rings (SSSR count). The van der Waals surface area contributed by atoms with E-state index < -0.39 is 29.3 Å². The molecule has 5 aliphatic rings. The summed E-state index contributed by atoms with van der Waals surface area (Å²) in [5, 5.41) is 38.4. The summed E-state index contributed by atoms with van der Waals surface area (Å²) < 4.78 is 13.6. The van der Waals surface area contributed by atoms with Crippen molar-refractivity contribution in [3.8, 4) is 34.8 Å². The molecule has 0 amide bonds. The highest BCUT2D eigenvalue weighted by Crippen LogP contribution is 2.51. The van der Waals surface area contributed by atoms with Crippen molar-refractivity contribution in [1.82, 2.24) is 14.9 Å². The molecule has 2 aliphatic heterocycles. The average Bonchev–Trinajstić information content (AvgIpc) is 4.05. The minimum atomic E-state index is -0.727. The lowest BCUT2D eigenvalue weighted by molar-refractivity contribution is -0.148. The maximum atomic E-state index is 14.8. The van der Waals surface area contributed by atoms with E-state index >= 15 is 0 Å². The van der Waals surface area contributed by atoms with Crippen LogP contribution in [0.1, 0.15) is 125 Å². The van der Waals surface area contributed by atoms with Crippen molar-refractivity contribution >= 4 is 34.0 Å². The number of nitrogens with zero attached hydrogens (tertiary/aromatic N) is 2. The van der Waals surface area contributed by atoms with Crippen molar-refractivity contribution in [3.63, 3.8) is 0 Å². The van der Waals surface area contributed by atoms with E-state index in [1.165, 1.54) is 25.7 Å². The van der Waals surface area contributed by atoms with Gasteiger partial charge in [-0.15, -0.1) is 0 Å². The van der Waals surface area contributed by atoms with Crippen molar-refractivity contribution in [2.45, 2.75) is 115 Å². The Morgan fingerprint density at radius 1 is 0.959 bits per heavy atom. The highest BCUT2D eigenvalue weighted by atomic mass is 16.5. The van der Waals surface area contributed by atoms with Crippen LogP contribution in [0.5, 0.6) is 23.0 Å². The molecule has 3 aliphatic carbocycles. The second-order valence-electron chi connectivity index (χ2n) is 20.8. The summed E-state index contributed by atoms with van der Waals surface area (Å²) in [5.41, 5.74) is 6.28. The molecule has 1 spiro atoms. The van der Waals surface area contributed by atoms with Crippen molar-refractivity contribution in [1.29, 1.82) is 0 Å². The molecule has 5 aromatic rings. The monoisotopic (exact) mass is 982 g/mol. The van der Waals surface area contributed by atoms with Crippen LogP contribution in [-0.4, -0.2) is 68.7 Å². The van der Waals surface area contributed by atoms with Gasteiger partial charge in [0, 0.05) is 98.5 Å². The molecule has 0 unspecified atom stereocenters. The van der Waals surface area contributed by atoms with Gasteiger partial charge in [0.15, 0.2) is 11.5 Å². The highest BCUT2D eigenvalue weighted by molar-refractivity contribution is 5.95. The number of phenols is 3. The number of fused-ring (bicyclic) bond motifs is 2. The second-order valence-corrected chi connectivity index (χ2v) is 20.8. The molecule has 378 valence electrons. The summed E-state index contributed by atoms with van der Waals surface area (Å²) >= 11 is 0. The number of aromatic amines is 1. The van der Waals surface area contributed by atoms with E-state index in [1.54, 1.807) is 12.1 Å². The smallest absolute Gasteiger partial charge is 0.302 e. The number of Topliss-reactive ketones (excluding diaryl/α,β-unsaturated/α-hetero) is 2. The minimum absolute atomic E-state index is 0.0303. The largest absolute Gasteiger partial charge is 0.508 e. The second kappa shape index (κ2) is 21.0. The summed E-state index contributed by atoms with van der Waals surface area (Å²) in [7, 11) is 1.41. The predicted molar refractivity (Wildman–Crippen MR) is 282 cm³/mol. The molecule has 73 heavy (non-hydrogen) atoms. The number of aromatic hydroxyl groups is 3. The third-order valence-electron chi connectivity index (χ3n) is 16.4. The van der Waals surface area contributed by atoms with Crippen LogP contribution in [0.15, 0.2) is 127 Å². The number of carbonyl (C=O) groups is 3. The summed E-state index contributed by atoms with van der Waals surface area (Å²) in [4.78, 5) is 47.5. The first kappa shape index (κ1) is 49.2. The van der Waals surface area contributed by atoms with Crippen LogP contribution in [0.4, 0.5) is 5.69 Å². The summed E-state index contributed by atoms with van der Waals surface area (Å²) in [6.07, 6.45) is 26.0. The first-order valence-electron chi connectivity index (χ1n) is 26.0. The SMILES string of the molecule is COc1cc([C@@H]2CC(=O)C[C@H](OC(C)=O)CC[C@]34Cc5c[nH]cc5[C@H](C#CCC3=CC=C[C@H]4C)[C@H](c3cccc(O)c3)C3=CCNC(=C3)N(CCC(=O)C3CCCCC3)c3cccc4cn2cc34)cc(O)c1O. The fraction of sp³-hybridized carbons (Fsp3) is 0.393. The van der Waals surface area contributed by atoms with Gasteiger partial charge in [0.2, 0.25) is 5.75 Å². The quantitative estimate of drug-likeness (QED) is 0.0574. The Morgan fingerprint density at radius 3 is 2.60 bits per heavy atom. The molecule has 2 aromatic heterocycles. The number of hydrogen-bond acceptors (Lipinski definition) is 10. The lowest BCUT2D eigenvalue weighted by atomic mass is 9.61. The molecule has 1 saturated carbocycles. The lowest BCUT2D eigenvalue weighted by Crippen LogP contribution is -2.36. The molecule has 3 aromatic carbocycles. The number of methoxy groups -OCH3 is 1. The Labute approximate surface area is 427 Å². The van der Waals surface area contributed by atoms with E-state index in [9.17, 15) is 29.7 Å². The number of aromatic nitrogens is 2. The van der Waals surface area contributed by atoms with Crippen LogP contribution >= 0.6 is 0 Å². The average molecular weight is 983 g/mol. The van der Waals surface area contributed by atoms with Crippen molar-refractivity contribution in [2.75, 3.05) is 25.1 Å². The Bertz CT molecular complexity index is 3120. The van der Waals surface area contributed by atoms with Gasteiger partial charge in [-0.25, -0.2) is 0 Å². The van der Waals surface area contributed by atoms with Crippen LogP contribution in [0, 0.1) is 29.1 Å². The van der Waals surface area contributed by atoms with Crippen LogP contribution in [0.25, 0.3) is 10.8 Å². The Balaban J connectivity index is 1.18. The Hall–Kier alpha value is -7.39. The molecular formula is C61H66N4O8. The van der Waals surface area contributed by atoms with Gasteiger partial charge < -0.3 is 44.6 Å². The van der Waals surface area contributed by atoms with Crippen molar-refractivity contribution in [2.24, 2.45) is 17.3 Å². The van der Waals surface area contributed by atoms with E-state index in [0.29, 0.717) is 50.8 Å². The third kappa shape index (κ3) is 10.1. The molecule has 0 saturated heterocycles. The van der Waals surface area contributed by atoms with Crippen LogP contribution in [-0.2, 0) is 25.5 Å². The number of phenolic OH excluding ortho intramolecular Hbond substituents is 3. The molecule has 12 heteroatoms. The van der Waals surface area contributed by atoms with E-state index in [-0.39, 0.29) is 65.3 Å². The number of rotatable bonds is 8. The molecule has 4 heterocycles. The number of ether oxygens (including phenoxy) is 2. The number of carbonyl (C=O) groups excluding carboxylic acids is 3.